The van der Waals surface area contributed by atoms with Crippen LogP contribution in [0.1, 0.15) is 24.0 Å². The molecule has 1 heterocycles. The van der Waals surface area contributed by atoms with Gasteiger partial charge in [-0.15, -0.1) is 0 Å². The number of benzene rings is 2. The van der Waals surface area contributed by atoms with Crippen molar-refractivity contribution in [1.82, 2.24) is 5.32 Å². The maximum Gasteiger partial charge on any atom is 0.0965 e. The molecule has 0 spiro atoms. The van der Waals surface area contributed by atoms with Crippen LogP contribution in [0.5, 0.6) is 0 Å². The van der Waals surface area contributed by atoms with Gasteiger partial charge in [0.2, 0.25) is 0 Å². The minimum absolute atomic E-state index is 0.0985. The first kappa shape index (κ1) is 16.2. The van der Waals surface area contributed by atoms with Gasteiger partial charge in [0.1, 0.15) is 0 Å². The zero-order valence-electron chi connectivity index (χ0n) is 13.5. The zero-order valence-corrected chi connectivity index (χ0v) is 13.5. The molecule has 3 rings (SSSR count). The molecule has 0 amide bonds. The van der Waals surface area contributed by atoms with E-state index in [2.05, 4.69) is 29.6 Å². The van der Waals surface area contributed by atoms with E-state index in [4.69, 9.17) is 9.47 Å². The Labute approximate surface area is 138 Å². The minimum atomic E-state index is 0.0985. The van der Waals surface area contributed by atoms with E-state index in [0.29, 0.717) is 25.9 Å². The molecule has 1 aliphatic rings. The average molecular weight is 311 g/mol. The van der Waals surface area contributed by atoms with Gasteiger partial charge in [0, 0.05) is 6.04 Å². The van der Waals surface area contributed by atoms with E-state index in [1.54, 1.807) is 0 Å². The van der Waals surface area contributed by atoms with Crippen molar-refractivity contribution in [2.24, 2.45) is 0 Å². The molecular weight excluding hydrogens is 286 g/mol. The van der Waals surface area contributed by atoms with Crippen molar-refractivity contribution in [3.8, 4) is 0 Å². The van der Waals surface area contributed by atoms with Crippen LogP contribution in [0.3, 0.4) is 0 Å². The average Bonchev–Trinajstić information content (AvgIpc) is 3.14. The molecule has 0 aromatic heterocycles. The molecular formula is C20H25NO2. The second-order valence-corrected chi connectivity index (χ2v) is 6.04. The molecule has 1 saturated heterocycles. The maximum absolute atomic E-state index is 6.16. The maximum atomic E-state index is 6.16. The lowest BCUT2D eigenvalue weighted by atomic mass is 10.1. The molecule has 2 aromatic carbocycles. The molecule has 122 valence electrons. The number of nitrogens with one attached hydrogen (secondary N) is 1. The van der Waals surface area contributed by atoms with E-state index in [-0.39, 0.29) is 6.10 Å². The fourth-order valence-electron chi connectivity index (χ4n) is 2.95. The van der Waals surface area contributed by atoms with E-state index in [1.807, 2.05) is 36.4 Å². The lowest BCUT2D eigenvalue weighted by Gasteiger charge is -2.24. The zero-order chi connectivity index (χ0) is 15.7. The Bertz CT molecular complexity index is 552. The van der Waals surface area contributed by atoms with Crippen LogP contribution in [0, 0.1) is 0 Å². The molecule has 0 saturated carbocycles. The molecule has 0 unspecified atom stereocenters. The predicted molar refractivity (Wildman–Crippen MR) is 92.1 cm³/mol. The fraction of sp³-hybridized carbons (Fsp3) is 0.400. The Morgan fingerprint density at radius 3 is 2.17 bits per heavy atom. The highest BCUT2D eigenvalue weighted by atomic mass is 16.5. The van der Waals surface area contributed by atoms with Crippen LogP contribution in [-0.2, 0) is 22.7 Å². The highest BCUT2D eigenvalue weighted by Gasteiger charge is 2.25. The summed E-state index contributed by atoms with van der Waals surface area (Å²) in [6, 6.07) is 21.0. The van der Waals surface area contributed by atoms with Gasteiger partial charge in [-0.2, -0.15) is 0 Å². The Balaban J connectivity index is 1.51. The first-order valence-corrected chi connectivity index (χ1v) is 8.42. The standard InChI is InChI=1S/C20H25NO2/c1-3-8-17(9-4-1)14-22-16-20(19-12-7-13-21-19)23-15-18-10-5-2-6-11-18/h1-6,8-11,19-21H,7,12-16H2/t19-,20-/m0/s1. The Morgan fingerprint density at radius 1 is 0.913 bits per heavy atom. The number of hydrogen-bond donors (Lipinski definition) is 1. The summed E-state index contributed by atoms with van der Waals surface area (Å²) in [4.78, 5) is 0. The topological polar surface area (TPSA) is 30.5 Å². The lowest BCUT2D eigenvalue weighted by Crippen LogP contribution is -2.39. The molecule has 0 bridgehead atoms. The second-order valence-electron chi connectivity index (χ2n) is 6.04. The van der Waals surface area contributed by atoms with E-state index in [1.165, 1.54) is 17.5 Å². The van der Waals surface area contributed by atoms with Crippen molar-refractivity contribution in [3.05, 3.63) is 71.8 Å². The van der Waals surface area contributed by atoms with Crippen LogP contribution >= 0.6 is 0 Å². The van der Waals surface area contributed by atoms with E-state index >= 15 is 0 Å². The van der Waals surface area contributed by atoms with E-state index < -0.39 is 0 Å². The third kappa shape index (κ3) is 5.17. The normalized spacial score (nSPS) is 18.9. The van der Waals surface area contributed by atoms with Gasteiger partial charge < -0.3 is 14.8 Å². The van der Waals surface area contributed by atoms with Gasteiger partial charge in [0.25, 0.3) is 0 Å². The Morgan fingerprint density at radius 2 is 1.57 bits per heavy atom. The molecule has 23 heavy (non-hydrogen) atoms. The van der Waals surface area contributed by atoms with Crippen LogP contribution in [0.25, 0.3) is 0 Å². The largest absolute Gasteiger partial charge is 0.374 e. The van der Waals surface area contributed by atoms with E-state index in [0.717, 1.165) is 13.0 Å². The van der Waals surface area contributed by atoms with Gasteiger partial charge in [0.15, 0.2) is 0 Å². The first-order chi connectivity index (χ1) is 11.4. The van der Waals surface area contributed by atoms with Gasteiger partial charge in [0.05, 0.1) is 25.9 Å². The van der Waals surface area contributed by atoms with Crippen LogP contribution in [0.15, 0.2) is 60.7 Å². The monoisotopic (exact) mass is 311 g/mol. The van der Waals surface area contributed by atoms with E-state index in [9.17, 15) is 0 Å². The summed E-state index contributed by atoms with van der Waals surface area (Å²) in [5.41, 5.74) is 2.41. The van der Waals surface area contributed by atoms with Crippen LogP contribution in [-0.4, -0.2) is 25.3 Å². The van der Waals surface area contributed by atoms with Crippen molar-refractivity contribution >= 4 is 0 Å². The SMILES string of the molecule is c1ccc(COC[C@H](OCc2ccccc2)[C@@H]2CCCN2)cc1. The van der Waals surface area contributed by atoms with Crippen LogP contribution in [0.4, 0.5) is 0 Å². The molecule has 1 aliphatic heterocycles. The summed E-state index contributed by atoms with van der Waals surface area (Å²) in [6.07, 6.45) is 2.48. The summed E-state index contributed by atoms with van der Waals surface area (Å²) >= 11 is 0. The quantitative estimate of drug-likeness (QED) is 0.809. The minimum Gasteiger partial charge on any atom is -0.374 e. The molecule has 2 atom stereocenters. The number of hydrogen-bond acceptors (Lipinski definition) is 3. The van der Waals surface area contributed by atoms with Crippen LogP contribution < -0.4 is 5.32 Å². The third-order valence-electron chi connectivity index (χ3n) is 4.25. The summed E-state index contributed by atoms with van der Waals surface area (Å²) in [7, 11) is 0. The van der Waals surface area contributed by atoms with Crippen molar-refractivity contribution in [3.63, 3.8) is 0 Å². The molecule has 3 nitrogen and oxygen atoms in total. The number of rotatable bonds is 8. The highest BCUT2D eigenvalue weighted by Crippen LogP contribution is 2.15. The first-order valence-electron chi connectivity index (χ1n) is 8.42. The van der Waals surface area contributed by atoms with Crippen molar-refractivity contribution in [1.29, 1.82) is 0 Å². The van der Waals surface area contributed by atoms with Crippen molar-refractivity contribution in [2.45, 2.75) is 38.2 Å². The predicted octanol–water partition coefficient (Wildman–Crippen LogP) is 3.54. The third-order valence-corrected chi connectivity index (χ3v) is 4.25. The smallest absolute Gasteiger partial charge is 0.0965 e. The molecule has 0 radical (unpaired) electrons. The fourth-order valence-corrected chi connectivity index (χ4v) is 2.95. The number of ether oxygens (including phenoxy) is 2. The highest BCUT2D eigenvalue weighted by molar-refractivity contribution is 5.14. The van der Waals surface area contributed by atoms with Gasteiger partial charge in [-0.05, 0) is 30.5 Å². The molecule has 3 heteroatoms. The lowest BCUT2D eigenvalue weighted by molar-refractivity contribution is -0.0445. The second kappa shape index (κ2) is 8.82. The van der Waals surface area contributed by atoms with Gasteiger partial charge in [-0.25, -0.2) is 0 Å². The molecule has 1 N–H and O–H groups in total. The van der Waals surface area contributed by atoms with Gasteiger partial charge in [-0.3, -0.25) is 0 Å². The van der Waals surface area contributed by atoms with Gasteiger partial charge in [-0.1, -0.05) is 60.7 Å². The summed E-state index contributed by atoms with van der Waals surface area (Å²) in [5.74, 6) is 0. The summed E-state index contributed by atoms with van der Waals surface area (Å²) in [5, 5.41) is 3.54. The Kier molecular flexibility index (Phi) is 6.21. The Hall–Kier alpha value is -1.68. The summed E-state index contributed by atoms with van der Waals surface area (Å²) in [6.45, 7) is 2.98. The molecule has 1 fully saturated rings. The van der Waals surface area contributed by atoms with Gasteiger partial charge >= 0.3 is 0 Å². The molecule has 2 aromatic rings. The summed E-state index contributed by atoms with van der Waals surface area (Å²) < 4.78 is 12.1. The van der Waals surface area contributed by atoms with Crippen molar-refractivity contribution < 1.29 is 9.47 Å². The van der Waals surface area contributed by atoms with Crippen LogP contribution in [0.2, 0.25) is 0 Å². The van der Waals surface area contributed by atoms with Crippen molar-refractivity contribution in [2.75, 3.05) is 13.2 Å². The molecule has 0 aliphatic carbocycles.